The van der Waals surface area contributed by atoms with Gasteiger partial charge in [0.2, 0.25) is 0 Å². The lowest BCUT2D eigenvalue weighted by Crippen LogP contribution is -2.60. The zero-order valence-electron chi connectivity index (χ0n) is 10.6. The SMILES string of the molecule is CO[C@H]1CSC2(C1)CN(C(=O)c1ccc(C)o1)C2. The van der Waals surface area contributed by atoms with E-state index in [9.17, 15) is 4.79 Å². The van der Waals surface area contributed by atoms with Crippen molar-refractivity contribution in [2.45, 2.75) is 24.2 Å². The molecule has 2 saturated heterocycles. The van der Waals surface area contributed by atoms with Crippen LogP contribution in [-0.2, 0) is 4.74 Å². The lowest BCUT2D eigenvalue weighted by molar-refractivity contribution is 0.0424. The molecule has 1 aromatic heterocycles. The Morgan fingerprint density at radius 2 is 2.33 bits per heavy atom. The summed E-state index contributed by atoms with van der Waals surface area (Å²) in [4.78, 5) is 14.0. The first-order valence-corrected chi connectivity index (χ1v) is 7.13. The van der Waals surface area contributed by atoms with Crippen LogP contribution in [0.25, 0.3) is 0 Å². The van der Waals surface area contributed by atoms with Crippen LogP contribution in [0.15, 0.2) is 16.5 Å². The Bertz CT molecular complexity index is 465. The minimum atomic E-state index is 0.00944. The van der Waals surface area contributed by atoms with Gasteiger partial charge in [-0.25, -0.2) is 0 Å². The lowest BCUT2D eigenvalue weighted by Gasteiger charge is -2.47. The maximum atomic E-state index is 12.1. The van der Waals surface area contributed by atoms with Gasteiger partial charge in [-0.15, -0.1) is 11.8 Å². The Morgan fingerprint density at radius 1 is 1.56 bits per heavy atom. The van der Waals surface area contributed by atoms with E-state index < -0.39 is 0 Å². The number of hydrogen-bond donors (Lipinski definition) is 0. The van der Waals surface area contributed by atoms with Gasteiger partial charge in [0.1, 0.15) is 5.76 Å². The van der Waals surface area contributed by atoms with E-state index >= 15 is 0 Å². The van der Waals surface area contributed by atoms with Crippen molar-refractivity contribution in [2.24, 2.45) is 0 Å². The Labute approximate surface area is 111 Å². The van der Waals surface area contributed by atoms with Crippen molar-refractivity contribution < 1.29 is 13.9 Å². The zero-order chi connectivity index (χ0) is 12.8. The number of rotatable bonds is 2. The molecule has 98 valence electrons. The van der Waals surface area contributed by atoms with Crippen LogP contribution in [0.2, 0.25) is 0 Å². The minimum Gasteiger partial charge on any atom is -0.456 e. The molecule has 0 N–H and O–H groups in total. The number of likely N-dealkylation sites (tertiary alicyclic amines) is 1. The first kappa shape index (κ1) is 12.1. The molecular formula is C13H17NO3S. The second-order valence-corrected chi connectivity index (χ2v) is 6.62. The lowest BCUT2D eigenvalue weighted by atomic mass is 9.92. The van der Waals surface area contributed by atoms with Gasteiger partial charge in [-0.2, -0.15) is 0 Å². The van der Waals surface area contributed by atoms with Crippen LogP contribution >= 0.6 is 11.8 Å². The number of methoxy groups -OCH3 is 1. The molecule has 0 unspecified atom stereocenters. The topological polar surface area (TPSA) is 42.7 Å². The summed E-state index contributed by atoms with van der Waals surface area (Å²) in [6.07, 6.45) is 1.40. The third-order valence-corrected chi connectivity index (χ3v) is 5.28. The normalized spacial score (nSPS) is 25.4. The quantitative estimate of drug-likeness (QED) is 0.821. The van der Waals surface area contributed by atoms with E-state index in [0.717, 1.165) is 31.0 Å². The molecule has 2 fully saturated rings. The molecule has 0 bridgehead atoms. The molecule has 4 nitrogen and oxygen atoms in total. The molecule has 0 radical (unpaired) electrons. The third-order valence-electron chi connectivity index (χ3n) is 3.70. The third kappa shape index (κ3) is 1.95. The number of furan rings is 1. The largest absolute Gasteiger partial charge is 0.456 e. The molecule has 1 amide bonds. The molecule has 1 spiro atoms. The fourth-order valence-electron chi connectivity index (χ4n) is 2.67. The van der Waals surface area contributed by atoms with Gasteiger partial charge in [0.25, 0.3) is 5.91 Å². The van der Waals surface area contributed by atoms with Crippen molar-refractivity contribution in [3.63, 3.8) is 0 Å². The molecule has 0 aromatic carbocycles. The molecule has 0 saturated carbocycles. The number of aryl methyl sites for hydroxylation is 1. The van der Waals surface area contributed by atoms with Crippen molar-refractivity contribution in [3.05, 3.63) is 23.7 Å². The van der Waals surface area contributed by atoms with Crippen molar-refractivity contribution in [3.8, 4) is 0 Å². The van der Waals surface area contributed by atoms with E-state index in [1.165, 1.54) is 0 Å². The summed E-state index contributed by atoms with van der Waals surface area (Å²) < 4.78 is 11.0. The fourth-order valence-corrected chi connectivity index (χ4v) is 4.26. The summed E-state index contributed by atoms with van der Waals surface area (Å²) in [6, 6.07) is 3.58. The standard InChI is InChI=1S/C13H17NO3S/c1-9-3-4-11(17-9)12(15)14-7-13(8-14)5-10(16-2)6-18-13/h3-4,10H,5-8H2,1-2H3/t10-/m1/s1. The minimum absolute atomic E-state index is 0.00944. The average Bonchev–Trinajstić information content (AvgIpc) is 2.92. The number of hydrogen-bond acceptors (Lipinski definition) is 4. The van der Waals surface area contributed by atoms with Crippen molar-refractivity contribution in [1.82, 2.24) is 4.90 Å². The molecule has 3 heterocycles. The summed E-state index contributed by atoms with van der Waals surface area (Å²) in [5.74, 6) is 2.28. The Kier molecular flexibility index (Phi) is 2.90. The summed E-state index contributed by atoms with van der Waals surface area (Å²) in [6.45, 7) is 3.48. The molecule has 18 heavy (non-hydrogen) atoms. The zero-order valence-corrected chi connectivity index (χ0v) is 11.5. The van der Waals surface area contributed by atoms with E-state index in [1.807, 2.05) is 29.7 Å². The highest BCUT2D eigenvalue weighted by atomic mass is 32.2. The number of nitrogens with zero attached hydrogens (tertiary/aromatic N) is 1. The molecule has 2 aliphatic heterocycles. The van der Waals surface area contributed by atoms with Crippen LogP contribution in [0.5, 0.6) is 0 Å². The van der Waals surface area contributed by atoms with E-state index in [4.69, 9.17) is 9.15 Å². The molecule has 3 rings (SSSR count). The molecule has 2 aliphatic rings. The maximum absolute atomic E-state index is 12.1. The second-order valence-electron chi connectivity index (χ2n) is 5.13. The van der Waals surface area contributed by atoms with Gasteiger partial charge in [0, 0.05) is 26.0 Å². The van der Waals surface area contributed by atoms with E-state index in [1.54, 1.807) is 13.2 Å². The highest BCUT2D eigenvalue weighted by Gasteiger charge is 2.51. The molecular weight excluding hydrogens is 250 g/mol. The first-order chi connectivity index (χ1) is 8.62. The fraction of sp³-hybridized carbons (Fsp3) is 0.615. The number of carbonyl (C=O) groups excluding carboxylic acids is 1. The Hall–Kier alpha value is -0.940. The Morgan fingerprint density at radius 3 is 2.89 bits per heavy atom. The summed E-state index contributed by atoms with van der Waals surface area (Å²) >= 11 is 1.94. The number of ether oxygens (including phenoxy) is 1. The van der Waals surface area contributed by atoms with E-state index in [2.05, 4.69) is 0 Å². The highest BCUT2D eigenvalue weighted by molar-refractivity contribution is 8.01. The predicted molar refractivity (Wildman–Crippen MR) is 70.0 cm³/mol. The number of amides is 1. The van der Waals surface area contributed by atoms with Crippen LogP contribution in [0.3, 0.4) is 0 Å². The van der Waals surface area contributed by atoms with Gasteiger partial charge in [-0.3, -0.25) is 4.79 Å². The van der Waals surface area contributed by atoms with Crippen LogP contribution in [-0.4, -0.2) is 47.6 Å². The van der Waals surface area contributed by atoms with E-state index in [0.29, 0.717) is 11.9 Å². The van der Waals surface area contributed by atoms with Crippen molar-refractivity contribution in [1.29, 1.82) is 0 Å². The van der Waals surface area contributed by atoms with Crippen LogP contribution < -0.4 is 0 Å². The highest BCUT2D eigenvalue weighted by Crippen LogP contribution is 2.46. The van der Waals surface area contributed by atoms with Gasteiger partial charge in [-0.05, 0) is 25.5 Å². The van der Waals surface area contributed by atoms with Gasteiger partial charge < -0.3 is 14.1 Å². The van der Waals surface area contributed by atoms with Crippen LogP contribution in [0.4, 0.5) is 0 Å². The number of carbonyl (C=O) groups is 1. The summed E-state index contributed by atoms with van der Waals surface area (Å²) in [5.41, 5.74) is 0. The second kappa shape index (κ2) is 4.31. The van der Waals surface area contributed by atoms with Crippen molar-refractivity contribution in [2.75, 3.05) is 26.0 Å². The maximum Gasteiger partial charge on any atom is 0.289 e. The molecule has 1 atom stereocenters. The van der Waals surface area contributed by atoms with Gasteiger partial charge in [-0.1, -0.05) is 0 Å². The van der Waals surface area contributed by atoms with Gasteiger partial charge in [0.05, 0.1) is 10.9 Å². The molecule has 1 aromatic rings. The predicted octanol–water partition coefficient (Wildman–Crippen LogP) is 1.93. The van der Waals surface area contributed by atoms with Crippen LogP contribution in [0.1, 0.15) is 22.7 Å². The summed E-state index contributed by atoms with van der Waals surface area (Å²) in [7, 11) is 1.76. The van der Waals surface area contributed by atoms with Crippen molar-refractivity contribution >= 4 is 17.7 Å². The van der Waals surface area contributed by atoms with E-state index in [-0.39, 0.29) is 10.7 Å². The van der Waals surface area contributed by atoms with Crippen LogP contribution in [0, 0.1) is 6.92 Å². The Balaban J connectivity index is 1.61. The van der Waals surface area contributed by atoms with Gasteiger partial charge in [0.15, 0.2) is 5.76 Å². The smallest absolute Gasteiger partial charge is 0.289 e. The molecule has 5 heteroatoms. The monoisotopic (exact) mass is 267 g/mol. The molecule has 0 aliphatic carbocycles. The summed E-state index contributed by atoms with van der Waals surface area (Å²) in [5, 5.41) is 0. The first-order valence-electron chi connectivity index (χ1n) is 6.14. The average molecular weight is 267 g/mol. The van der Waals surface area contributed by atoms with Gasteiger partial charge >= 0.3 is 0 Å². The number of thioether (sulfide) groups is 1.